The molecule has 3 aliphatic rings. The SMILES string of the molecule is C.COCCCC[C@@](O)(c1cccc(Br)c1)[C@@H]1CCCN(C(=O)OC(C)(C)C)C1.COCCCC[C@@](O)(c1cccc(C(=O)O)c1)[C@@H]1CCCN(C(=O)OC(C)(C)C)C1.COCCCC[C@@](O)(c1cccc(C(N)=O)c1)[C@@H]1CCCN(C(=O)OC(C)(C)C)C1. The Morgan fingerprint density at radius 3 is 1.09 bits per heavy atom. The molecule has 0 unspecified atom stereocenters. The van der Waals surface area contributed by atoms with E-state index in [9.17, 15) is 44.4 Å². The van der Waals surface area contributed by atoms with E-state index in [2.05, 4.69) is 15.9 Å². The van der Waals surface area contributed by atoms with Crippen molar-refractivity contribution in [3.05, 3.63) is 105 Å². The van der Waals surface area contributed by atoms with Gasteiger partial charge in [0.2, 0.25) is 5.91 Å². The van der Waals surface area contributed by atoms with Gasteiger partial charge in [0.15, 0.2) is 0 Å². The highest BCUT2D eigenvalue weighted by Crippen LogP contribution is 2.44. The van der Waals surface area contributed by atoms with Gasteiger partial charge in [0.05, 0.1) is 22.4 Å². The summed E-state index contributed by atoms with van der Waals surface area (Å²) < 4.78 is 33.0. The van der Waals surface area contributed by atoms with Crippen LogP contribution < -0.4 is 5.73 Å². The number of rotatable bonds is 23. The number of benzene rings is 3. The zero-order valence-corrected chi connectivity index (χ0v) is 56.3. The van der Waals surface area contributed by atoms with Crippen LogP contribution in [0.2, 0.25) is 0 Å². The van der Waals surface area contributed by atoms with E-state index >= 15 is 0 Å². The Kier molecular flexibility index (Phi) is 31.5. The molecule has 3 saturated heterocycles. The number of carbonyl (C=O) groups excluding carboxylic acids is 4. The fourth-order valence-electron chi connectivity index (χ4n) is 11.9. The molecule has 0 aromatic heterocycles. The third-order valence-electron chi connectivity index (χ3n) is 16.3. The molecule has 3 fully saturated rings. The summed E-state index contributed by atoms with van der Waals surface area (Å²) in [6, 6.07) is 21.3. The number of halogens is 1. The molecule has 19 nitrogen and oxygen atoms in total. The fourth-order valence-corrected chi connectivity index (χ4v) is 12.3. The van der Waals surface area contributed by atoms with Gasteiger partial charge in [-0.15, -0.1) is 0 Å². The Morgan fingerprint density at radius 1 is 0.494 bits per heavy atom. The number of hydrogen-bond acceptors (Lipinski definition) is 14. The Balaban J connectivity index is 0.000000347. The van der Waals surface area contributed by atoms with Gasteiger partial charge >= 0.3 is 24.2 Å². The van der Waals surface area contributed by atoms with Crippen LogP contribution in [0.1, 0.15) is 203 Å². The van der Waals surface area contributed by atoms with E-state index in [1.54, 1.807) is 72.4 Å². The quantitative estimate of drug-likeness (QED) is 0.0437. The van der Waals surface area contributed by atoms with Gasteiger partial charge < -0.3 is 69.3 Å². The minimum Gasteiger partial charge on any atom is -0.478 e. The molecule has 3 aromatic carbocycles. The van der Waals surface area contributed by atoms with Crippen LogP contribution in [-0.2, 0) is 45.2 Å². The summed E-state index contributed by atoms with van der Waals surface area (Å²) in [7, 11) is 4.99. The first-order valence-corrected chi connectivity index (χ1v) is 32.2. The monoisotopic (exact) mass is 1310 g/mol. The first kappa shape index (κ1) is 77.9. The largest absolute Gasteiger partial charge is 0.478 e. The summed E-state index contributed by atoms with van der Waals surface area (Å²) in [5.41, 5.74) is 3.01. The lowest BCUT2D eigenvalue weighted by Gasteiger charge is -2.43. The lowest BCUT2D eigenvalue weighted by atomic mass is 9.74. The molecular weight excluding hydrogens is 1200 g/mol. The number of nitrogens with zero attached hydrogens (tertiary/aromatic N) is 3. The van der Waals surface area contributed by atoms with E-state index in [0.717, 1.165) is 87.1 Å². The molecule has 0 spiro atoms. The molecule has 3 heterocycles. The van der Waals surface area contributed by atoms with Gasteiger partial charge in [-0.1, -0.05) is 59.8 Å². The molecule has 6 rings (SSSR count). The summed E-state index contributed by atoms with van der Waals surface area (Å²) >= 11 is 3.52. The number of ether oxygens (including phenoxy) is 6. The van der Waals surface area contributed by atoms with Crippen LogP contribution in [0.25, 0.3) is 0 Å². The van der Waals surface area contributed by atoms with Gasteiger partial charge in [0.1, 0.15) is 16.8 Å². The van der Waals surface area contributed by atoms with Gasteiger partial charge in [0.25, 0.3) is 0 Å². The second-order valence-electron chi connectivity index (χ2n) is 26.8. The summed E-state index contributed by atoms with van der Waals surface area (Å²) in [5.74, 6) is -1.99. The molecule has 89 heavy (non-hydrogen) atoms. The number of piperidine rings is 3. The molecule has 3 aliphatic heterocycles. The van der Waals surface area contributed by atoms with Crippen molar-refractivity contribution >= 4 is 46.1 Å². The van der Waals surface area contributed by atoms with E-state index in [1.807, 2.05) is 92.6 Å². The minimum absolute atomic E-state index is 0. The van der Waals surface area contributed by atoms with Crippen molar-refractivity contribution in [2.45, 2.75) is 200 Å². The maximum Gasteiger partial charge on any atom is 0.410 e. The normalized spacial score (nSPS) is 19.2. The zero-order chi connectivity index (χ0) is 65.5. The molecule has 0 saturated carbocycles. The van der Waals surface area contributed by atoms with Gasteiger partial charge in [-0.05, 0) is 212 Å². The molecule has 20 heteroatoms. The highest BCUT2D eigenvalue weighted by molar-refractivity contribution is 9.10. The number of unbranched alkanes of at least 4 members (excludes halogenated alkanes) is 3. The highest BCUT2D eigenvalue weighted by atomic mass is 79.9. The molecule has 3 aromatic rings. The number of primary amides is 1. The topological polar surface area (TPSA) is 257 Å². The van der Waals surface area contributed by atoms with E-state index < -0.39 is 45.5 Å². The number of aliphatic hydroxyl groups is 3. The third-order valence-corrected chi connectivity index (χ3v) is 16.8. The van der Waals surface area contributed by atoms with Crippen molar-refractivity contribution in [2.24, 2.45) is 23.5 Å². The van der Waals surface area contributed by atoms with Crippen molar-refractivity contribution in [1.29, 1.82) is 0 Å². The molecule has 6 atom stereocenters. The smallest absolute Gasteiger partial charge is 0.410 e. The zero-order valence-electron chi connectivity index (χ0n) is 54.7. The Labute approximate surface area is 539 Å². The molecule has 0 aliphatic carbocycles. The fraction of sp³-hybridized carbons (Fsp3) is 0.667. The van der Waals surface area contributed by atoms with Crippen molar-refractivity contribution in [2.75, 3.05) is 80.4 Å². The first-order valence-electron chi connectivity index (χ1n) is 31.4. The summed E-state index contributed by atoms with van der Waals surface area (Å²) in [4.78, 5) is 66.0. The summed E-state index contributed by atoms with van der Waals surface area (Å²) in [5, 5.41) is 44.9. The predicted octanol–water partition coefficient (Wildman–Crippen LogP) is 13.2. The lowest BCUT2D eigenvalue weighted by molar-refractivity contribution is -0.0648. The number of nitrogens with two attached hydrogens (primary N) is 1. The van der Waals surface area contributed by atoms with Crippen molar-refractivity contribution in [3.63, 3.8) is 0 Å². The second-order valence-corrected chi connectivity index (χ2v) is 27.7. The lowest BCUT2D eigenvalue weighted by Crippen LogP contribution is -2.49. The van der Waals surface area contributed by atoms with Crippen molar-refractivity contribution < 1.29 is 72.8 Å². The maximum absolute atomic E-state index is 12.6. The highest BCUT2D eigenvalue weighted by Gasteiger charge is 2.45. The van der Waals surface area contributed by atoms with Crippen LogP contribution in [0.4, 0.5) is 14.4 Å². The molecule has 6 N–H and O–H groups in total. The number of methoxy groups -OCH3 is 3. The number of carbonyl (C=O) groups is 5. The minimum atomic E-state index is -1.24. The average molecular weight is 1310 g/mol. The number of aromatic carboxylic acids is 1. The van der Waals surface area contributed by atoms with Crippen LogP contribution in [-0.4, -0.2) is 163 Å². The Morgan fingerprint density at radius 2 is 0.798 bits per heavy atom. The maximum atomic E-state index is 12.6. The van der Waals surface area contributed by atoms with Crippen LogP contribution in [0.5, 0.6) is 0 Å². The van der Waals surface area contributed by atoms with Gasteiger partial charge in [-0.25, -0.2) is 19.2 Å². The van der Waals surface area contributed by atoms with Crippen molar-refractivity contribution in [3.8, 4) is 0 Å². The van der Waals surface area contributed by atoms with Crippen LogP contribution in [0.3, 0.4) is 0 Å². The van der Waals surface area contributed by atoms with Crippen LogP contribution in [0.15, 0.2) is 77.3 Å². The first-order chi connectivity index (χ1) is 41.3. The van der Waals surface area contributed by atoms with E-state index in [4.69, 9.17) is 34.2 Å². The predicted molar refractivity (Wildman–Crippen MR) is 350 cm³/mol. The number of hydrogen-bond donors (Lipinski definition) is 5. The van der Waals surface area contributed by atoms with E-state index in [1.165, 1.54) is 6.07 Å². The number of carboxylic acid groups (broad SMARTS) is 1. The second kappa shape index (κ2) is 36.0. The number of carboxylic acids is 1. The van der Waals surface area contributed by atoms with E-state index in [-0.39, 0.29) is 49.0 Å². The number of likely N-dealkylation sites (tertiary alicyclic amines) is 3. The Bertz CT molecular complexity index is 2550. The summed E-state index contributed by atoms with van der Waals surface area (Å²) in [6.07, 6.45) is 10.2. The van der Waals surface area contributed by atoms with Gasteiger partial charge in [-0.3, -0.25) is 4.79 Å². The molecule has 0 radical (unpaired) electrons. The van der Waals surface area contributed by atoms with E-state index in [0.29, 0.717) is 95.0 Å². The Hall–Kier alpha value is -5.35. The van der Waals surface area contributed by atoms with Gasteiger partial charge in [0, 0.05) is 108 Å². The summed E-state index contributed by atoms with van der Waals surface area (Å²) in [6.45, 7) is 21.7. The average Bonchev–Trinajstić information content (AvgIpc) is 0.915. The molecule has 0 bridgehead atoms. The van der Waals surface area contributed by atoms with Crippen molar-refractivity contribution in [1.82, 2.24) is 14.7 Å². The molecule has 502 valence electrons. The molecule has 4 amide bonds. The standard InChI is InChI=1S/C23H36N2O5.C23H35NO6.C22H34BrNO4.CH4/c1-22(2,3)30-21(27)25-13-8-11-19(16-25)23(28,12-5-6-14-29-4)18-10-7-9-17(15-18)20(24)26;1-22(2,3)30-21(27)24-13-8-11-19(16-24)23(28,12-5-6-14-29-4)18-10-7-9-17(15-18)20(25)26;1-21(2,3)28-20(25)24-13-8-10-18(16-24)22(26,12-5-6-14-27-4)17-9-7-11-19(23)15-17;/h7,9-10,15,19,28H,5-6,8,11-14,16H2,1-4H3,(H2,24,26);7,9-10,15,19,28H,5-6,8,11-14,16H2,1-4H3,(H,25,26);7,9,11,15,18,26H,5-6,8,10,12-14,16H2,1-4H3;1H4/t2*19-,23-;18-,22-;/m111./s1. The molecular formula is C69H109BrN4O15. The van der Waals surface area contributed by atoms with Crippen LogP contribution >= 0.6 is 15.9 Å². The number of amides is 4. The van der Waals surface area contributed by atoms with Gasteiger partial charge in [-0.2, -0.15) is 0 Å². The third kappa shape index (κ3) is 25.0. The van der Waals surface area contributed by atoms with Crippen LogP contribution in [0, 0.1) is 17.8 Å².